The fraction of sp³-hybridized carbons (Fsp3) is 0.840. The molecule has 56 heavy (non-hydrogen) atoms. The smallest absolute Gasteiger partial charge is 0.305 e. The van der Waals surface area contributed by atoms with Crippen LogP contribution in [0.25, 0.3) is 0 Å². The molecule has 0 heterocycles. The Hall–Kier alpha value is -1.92. The standard InChI is InChI=1S/C50H93NO5/c1-3-5-7-9-11-13-15-16-17-18-19-20-24-28-32-36-40-44-50(55)56-45-41-37-33-29-25-21-23-27-31-35-39-43-49(54)51-47(46-52)48(53)42-38-34-30-26-22-14-12-10-8-6-4-2/h11,13,16-17,38,42,47-48,52-53H,3-10,12,14-15,18-37,39-41,43-46H2,1-2H3,(H,51,54)/b13-11-,17-16-,42-38+. The molecule has 2 atom stereocenters. The van der Waals surface area contributed by atoms with Crippen LogP contribution in [0.15, 0.2) is 36.5 Å². The van der Waals surface area contributed by atoms with Gasteiger partial charge >= 0.3 is 5.97 Å². The first-order chi connectivity index (χ1) is 27.5. The maximum Gasteiger partial charge on any atom is 0.305 e. The number of aliphatic hydroxyl groups excluding tert-OH is 2. The Morgan fingerprint density at radius 3 is 1.39 bits per heavy atom. The Balaban J connectivity index is 3.49. The highest BCUT2D eigenvalue weighted by atomic mass is 16.5. The monoisotopic (exact) mass is 788 g/mol. The van der Waals surface area contributed by atoms with E-state index >= 15 is 0 Å². The van der Waals surface area contributed by atoms with Gasteiger partial charge in [-0.1, -0.05) is 204 Å². The van der Waals surface area contributed by atoms with Crippen LogP contribution in [-0.4, -0.2) is 47.4 Å². The van der Waals surface area contributed by atoms with Gasteiger partial charge in [0.25, 0.3) is 0 Å². The molecule has 0 aromatic rings. The minimum absolute atomic E-state index is 0.0242. The van der Waals surface area contributed by atoms with E-state index in [-0.39, 0.29) is 18.5 Å². The van der Waals surface area contributed by atoms with Crippen molar-refractivity contribution in [2.45, 2.75) is 257 Å². The van der Waals surface area contributed by atoms with Gasteiger partial charge in [0, 0.05) is 12.8 Å². The second-order valence-corrected chi connectivity index (χ2v) is 16.4. The predicted molar refractivity (Wildman–Crippen MR) is 241 cm³/mol. The number of amides is 1. The number of carbonyl (C=O) groups is 2. The third-order valence-corrected chi connectivity index (χ3v) is 10.9. The van der Waals surface area contributed by atoms with Gasteiger partial charge in [0.1, 0.15) is 0 Å². The lowest BCUT2D eigenvalue weighted by Gasteiger charge is -2.20. The molecule has 0 saturated carbocycles. The lowest BCUT2D eigenvalue weighted by atomic mass is 10.0. The molecule has 0 rings (SSSR count). The zero-order chi connectivity index (χ0) is 40.8. The van der Waals surface area contributed by atoms with E-state index in [0.29, 0.717) is 19.4 Å². The summed E-state index contributed by atoms with van der Waals surface area (Å²) in [4.78, 5) is 24.4. The van der Waals surface area contributed by atoms with Crippen LogP contribution in [0.2, 0.25) is 0 Å². The summed E-state index contributed by atoms with van der Waals surface area (Å²) in [6.07, 6.45) is 54.2. The lowest BCUT2D eigenvalue weighted by molar-refractivity contribution is -0.143. The summed E-state index contributed by atoms with van der Waals surface area (Å²) >= 11 is 0. The van der Waals surface area contributed by atoms with Gasteiger partial charge in [0.2, 0.25) is 5.91 Å². The molecule has 1 amide bonds. The zero-order valence-corrected chi connectivity index (χ0v) is 37.1. The average molecular weight is 788 g/mol. The van der Waals surface area contributed by atoms with Gasteiger partial charge in [0.15, 0.2) is 0 Å². The van der Waals surface area contributed by atoms with E-state index in [1.807, 2.05) is 6.08 Å². The van der Waals surface area contributed by atoms with Crippen molar-refractivity contribution < 1.29 is 24.5 Å². The van der Waals surface area contributed by atoms with E-state index in [2.05, 4.69) is 43.5 Å². The molecule has 0 spiro atoms. The number of ether oxygens (including phenoxy) is 1. The summed E-state index contributed by atoms with van der Waals surface area (Å²) in [5.41, 5.74) is 0. The van der Waals surface area contributed by atoms with Gasteiger partial charge in [-0.25, -0.2) is 0 Å². The number of unbranched alkanes of at least 4 members (excludes halogenated alkanes) is 29. The number of hydrogen-bond donors (Lipinski definition) is 3. The van der Waals surface area contributed by atoms with E-state index in [9.17, 15) is 19.8 Å². The van der Waals surface area contributed by atoms with Crippen LogP contribution in [0.3, 0.4) is 0 Å². The molecule has 0 aliphatic rings. The van der Waals surface area contributed by atoms with E-state index in [1.165, 1.54) is 154 Å². The highest BCUT2D eigenvalue weighted by Gasteiger charge is 2.18. The van der Waals surface area contributed by atoms with Crippen molar-refractivity contribution >= 4 is 11.9 Å². The van der Waals surface area contributed by atoms with Crippen molar-refractivity contribution in [3.63, 3.8) is 0 Å². The predicted octanol–water partition coefficient (Wildman–Crippen LogP) is 14.1. The fourth-order valence-corrected chi connectivity index (χ4v) is 7.13. The van der Waals surface area contributed by atoms with E-state index in [0.717, 1.165) is 64.2 Å². The minimum Gasteiger partial charge on any atom is -0.466 e. The number of aliphatic hydroxyl groups is 2. The Morgan fingerprint density at radius 1 is 0.500 bits per heavy atom. The first-order valence-corrected chi connectivity index (χ1v) is 24.3. The third-order valence-electron chi connectivity index (χ3n) is 10.9. The van der Waals surface area contributed by atoms with Crippen molar-refractivity contribution in [1.29, 1.82) is 0 Å². The van der Waals surface area contributed by atoms with Crippen LogP contribution in [-0.2, 0) is 14.3 Å². The largest absolute Gasteiger partial charge is 0.466 e. The van der Waals surface area contributed by atoms with Gasteiger partial charge in [-0.05, 0) is 64.2 Å². The van der Waals surface area contributed by atoms with Crippen molar-refractivity contribution in [3.05, 3.63) is 36.5 Å². The van der Waals surface area contributed by atoms with Gasteiger partial charge < -0.3 is 20.3 Å². The molecule has 328 valence electrons. The molecule has 0 radical (unpaired) electrons. The van der Waals surface area contributed by atoms with E-state index in [4.69, 9.17) is 4.74 Å². The second-order valence-electron chi connectivity index (χ2n) is 16.4. The highest BCUT2D eigenvalue weighted by molar-refractivity contribution is 5.76. The van der Waals surface area contributed by atoms with Gasteiger partial charge in [-0.3, -0.25) is 9.59 Å². The Labute approximate surface area is 347 Å². The van der Waals surface area contributed by atoms with Crippen LogP contribution in [0.5, 0.6) is 0 Å². The van der Waals surface area contributed by atoms with E-state index in [1.54, 1.807) is 6.08 Å². The zero-order valence-electron chi connectivity index (χ0n) is 37.1. The number of carbonyl (C=O) groups excluding carboxylic acids is 2. The van der Waals surface area contributed by atoms with Crippen LogP contribution >= 0.6 is 0 Å². The summed E-state index contributed by atoms with van der Waals surface area (Å²) in [5, 5.41) is 22.9. The van der Waals surface area contributed by atoms with Crippen molar-refractivity contribution in [2.75, 3.05) is 13.2 Å². The third kappa shape index (κ3) is 41.7. The normalized spacial score (nSPS) is 13.0. The van der Waals surface area contributed by atoms with E-state index < -0.39 is 12.1 Å². The second kappa shape index (κ2) is 45.8. The fourth-order valence-electron chi connectivity index (χ4n) is 7.13. The summed E-state index contributed by atoms with van der Waals surface area (Å²) in [6.45, 7) is 4.81. The van der Waals surface area contributed by atoms with Crippen LogP contribution in [0, 0.1) is 0 Å². The minimum atomic E-state index is -0.856. The van der Waals surface area contributed by atoms with Gasteiger partial charge in [-0.2, -0.15) is 0 Å². The number of hydrogen-bond acceptors (Lipinski definition) is 5. The molecule has 2 unspecified atom stereocenters. The Kier molecular flexibility index (Phi) is 44.2. The SMILES string of the molecule is CCCCC/C=C\C/C=C\CCCCCCCCCC(=O)OCCCCCCCCCCCCCC(=O)NC(CO)C(O)/C=C/CCCCCCCCCCC. The number of esters is 1. The first kappa shape index (κ1) is 54.1. The average Bonchev–Trinajstić information content (AvgIpc) is 3.20. The Morgan fingerprint density at radius 2 is 0.893 bits per heavy atom. The molecule has 0 aliphatic heterocycles. The molecule has 0 aromatic carbocycles. The summed E-state index contributed by atoms with van der Waals surface area (Å²) < 4.78 is 5.45. The topological polar surface area (TPSA) is 95.9 Å². The lowest BCUT2D eigenvalue weighted by Crippen LogP contribution is -2.45. The number of allylic oxidation sites excluding steroid dienone is 5. The molecule has 6 heteroatoms. The summed E-state index contributed by atoms with van der Waals surface area (Å²) in [6, 6.07) is -0.641. The molecule has 3 N–H and O–H groups in total. The quantitative estimate of drug-likeness (QED) is 0.0325. The number of rotatable bonds is 44. The molecule has 0 bridgehead atoms. The molecular formula is C50H93NO5. The van der Waals surface area contributed by atoms with Crippen LogP contribution in [0.4, 0.5) is 0 Å². The molecule has 0 aliphatic carbocycles. The molecule has 6 nitrogen and oxygen atoms in total. The van der Waals surface area contributed by atoms with Gasteiger partial charge in [0.05, 0.1) is 25.4 Å². The molecule has 0 aromatic heterocycles. The molecule has 0 saturated heterocycles. The summed E-state index contributed by atoms with van der Waals surface area (Å²) in [7, 11) is 0. The van der Waals surface area contributed by atoms with Crippen LogP contribution in [0.1, 0.15) is 245 Å². The number of nitrogens with one attached hydrogen (secondary N) is 1. The maximum absolute atomic E-state index is 12.4. The van der Waals surface area contributed by atoms with Crippen molar-refractivity contribution in [3.8, 4) is 0 Å². The Bertz CT molecular complexity index is 915. The first-order valence-electron chi connectivity index (χ1n) is 24.3. The maximum atomic E-state index is 12.4. The molecular weight excluding hydrogens is 695 g/mol. The highest BCUT2D eigenvalue weighted by Crippen LogP contribution is 2.14. The van der Waals surface area contributed by atoms with Crippen molar-refractivity contribution in [1.82, 2.24) is 5.32 Å². The summed E-state index contributed by atoms with van der Waals surface area (Å²) in [5.74, 6) is -0.114. The van der Waals surface area contributed by atoms with Crippen LogP contribution < -0.4 is 5.32 Å². The van der Waals surface area contributed by atoms with Gasteiger partial charge in [-0.15, -0.1) is 0 Å². The molecule has 0 fully saturated rings. The van der Waals surface area contributed by atoms with Crippen molar-refractivity contribution in [2.24, 2.45) is 0 Å².